The molecule has 0 fully saturated rings. The second kappa shape index (κ2) is 6.14. The summed E-state index contributed by atoms with van der Waals surface area (Å²) < 4.78 is 5.12. The van der Waals surface area contributed by atoms with Crippen LogP contribution in [0.2, 0.25) is 0 Å². The minimum Gasteiger partial charge on any atom is -0.463 e. The van der Waals surface area contributed by atoms with E-state index in [-0.39, 0.29) is 5.82 Å². The van der Waals surface area contributed by atoms with E-state index in [0.717, 1.165) is 4.47 Å². The molecule has 1 aromatic rings. The lowest BCUT2D eigenvalue weighted by Gasteiger charge is -1.95. The Hall–Kier alpha value is -1.41. The number of ether oxygens (including phenoxy) is 1. The Bertz CT molecular complexity index is 295. The molecule has 68 valence electrons. The van der Waals surface area contributed by atoms with Crippen LogP contribution >= 0.6 is 15.9 Å². The molecule has 0 aliphatic rings. The molecule has 0 unspecified atom stereocenters. The van der Waals surface area contributed by atoms with Crippen LogP contribution in [-0.4, -0.2) is 23.0 Å². The van der Waals surface area contributed by atoms with Crippen LogP contribution in [0.3, 0.4) is 0 Å². The van der Waals surface area contributed by atoms with Crippen molar-refractivity contribution in [3.05, 3.63) is 22.7 Å². The van der Waals surface area contributed by atoms with Crippen molar-refractivity contribution in [3.8, 4) is 12.8 Å². The van der Waals surface area contributed by atoms with Gasteiger partial charge < -0.3 is 4.74 Å². The molecule has 5 heteroatoms. The van der Waals surface area contributed by atoms with Gasteiger partial charge >= 0.3 is 5.97 Å². The normalized spacial score (nSPS) is 8.00. The fraction of sp³-hybridized carbons (Fsp3) is 0.125. The largest absolute Gasteiger partial charge is 0.463 e. The molecule has 0 aliphatic carbocycles. The monoisotopic (exact) mass is 242 g/mol. The molecule has 0 saturated heterocycles. The lowest BCUT2D eigenvalue weighted by molar-refractivity contribution is 0.0586. The molecule has 0 bridgehead atoms. The van der Waals surface area contributed by atoms with E-state index in [4.69, 9.17) is 0 Å². The highest BCUT2D eigenvalue weighted by Gasteiger charge is 2.06. The molecule has 0 spiro atoms. The minimum absolute atomic E-state index is 0.0655. The van der Waals surface area contributed by atoms with Gasteiger partial charge in [-0.15, -0.1) is 12.8 Å². The number of hydrogen-bond acceptors (Lipinski definition) is 4. The lowest BCUT2D eigenvalue weighted by Crippen LogP contribution is -2.06. The van der Waals surface area contributed by atoms with Crippen LogP contribution in [0.25, 0.3) is 0 Å². The van der Waals surface area contributed by atoms with E-state index in [9.17, 15) is 4.79 Å². The van der Waals surface area contributed by atoms with Gasteiger partial charge in [-0.05, 0) is 15.9 Å². The Morgan fingerprint density at radius 1 is 1.46 bits per heavy atom. The second-order valence-corrected chi connectivity index (χ2v) is 2.63. The molecule has 0 aromatic carbocycles. The molecule has 13 heavy (non-hydrogen) atoms. The number of terminal acetylenes is 1. The van der Waals surface area contributed by atoms with Crippen molar-refractivity contribution in [2.45, 2.75) is 0 Å². The quantitative estimate of drug-likeness (QED) is 0.550. The van der Waals surface area contributed by atoms with Crippen LogP contribution in [0, 0.1) is 12.8 Å². The zero-order valence-electron chi connectivity index (χ0n) is 6.90. The van der Waals surface area contributed by atoms with Crippen LogP contribution in [0.4, 0.5) is 0 Å². The number of carbonyl (C=O) groups excluding carboxylic acids is 1. The average molecular weight is 243 g/mol. The summed E-state index contributed by atoms with van der Waals surface area (Å²) in [5.41, 5.74) is 0. The Balaban J connectivity index is 0.000000671. The van der Waals surface area contributed by atoms with Gasteiger partial charge in [-0.3, -0.25) is 0 Å². The first-order chi connectivity index (χ1) is 6.24. The maximum Gasteiger partial charge on any atom is 0.376 e. The van der Waals surface area contributed by atoms with Crippen LogP contribution in [-0.2, 0) is 4.74 Å². The van der Waals surface area contributed by atoms with Gasteiger partial charge in [-0.25, -0.2) is 14.8 Å². The third-order valence-electron chi connectivity index (χ3n) is 0.988. The zero-order chi connectivity index (χ0) is 10.3. The number of nitrogens with zero attached hydrogens (tertiary/aromatic N) is 2. The van der Waals surface area contributed by atoms with E-state index >= 15 is 0 Å². The predicted octanol–water partition coefficient (Wildman–Crippen LogP) is 1.28. The molecule has 1 heterocycles. The van der Waals surface area contributed by atoms with Crippen molar-refractivity contribution in [3.63, 3.8) is 0 Å². The van der Waals surface area contributed by atoms with E-state index in [0.29, 0.717) is 0 Å². The van der Waals surface area contributed by atoms with Crippen LogP contribution in [0.1, 0.15) is 10.6 Å². The summed E-state index contributed by atoms with van der Waals surface area (Å²) >= 11 is 3.14. The molecular formula is C8H7BrN2O2. The number of methoxy groups -OCH3 is 1. The SMILES string of the molecule is C#C.COC(=O)c1ncc(Br)cn1. The van der Waals surface area contributed by atoms with Crippen LogP contribution < -0.4 is 0 Å². The minimum atomic E-state index is -0.530. The van der Waals surface area contributed by atoms with Gasteiger partial charge in [0.05, 0.1) is 11.6 Å². The summed E-state index contributed by atoms with van der Waals surface area (Å²) in [4.78, 5) is 18.2. The van der Waals surface area contributed by atoms with Gasteiger partial charge in [-0.2, -0.15) is 0 Å². The van der Waals surface area contributed by atoms with Gasteiger partial charge in [0.2, 0.25) is 5.82 Å². The topological polar surface area (TPSA) is 52.1 Å². The highest BCUT2D eigenvalue weighted by molar-refractivity contribution is 9.10. The predicted molar refractivity (Wildman–Crippen MR) is 51.0 cm³/mol. The smallest absolute Gasteiger partial charge is 0.376 e. The van der Waals surface area contributed by atoms with Crippen LogP contribution in [0.15, 0.2) is 16.9 Å². The number of halogens is 1. The van der Waals surface area contributed by atoms with Crippen molar-refractivity contribution >= 4 is 21.9 Å². The van der Waals surface area contributed by atoms with Crippen molar-refractivity contribution in [2.75, 3.05) is 7.11 Å². The maximum atomic E-state index is 10.8. The lowest BCUT2D eigenvalue weighted by atomic mass is 10.6. The van der Waals surface area contributed by atoms with Crippen molar-refractivity contribution < 1.29 is 9.53 Å². The summed E-state index contributed by atoms with van der Waals surface area (Å²) in [6.07, 6.45) is 11.0. The van der Waals surface area contributed by atoms with E-state index in [1.807, 2.05) is 0 Å². The Morgan fingerprint density at radius 2 is 1.92 bits per heavy atom. The van der Waals surface area contributed by atoms with Crippen LogP contribution in [0.5, 0.6) is 0 Å². The molecule has 4 nitrogen and oxygen atoms in total. The van der Waals surface area contributed by atoms with E-state index in [2.05, 4.69) is 43.5 Å². The van der Waals surface area contributed by atoms with Gasteiger partial charge in [0, 0.05) is 12.4 Å². The first-order valence-corrected chi connectivity index (χ1v) is 3.92. The molecule has 1 rings (SSSR count). The fourth-order valence-electron chi connectivity index (χ4n) is 0.509. The first-order valence-electron chi connectivity index (χ1n) is 3.13. The standard InChI is InChI=1S/C6H5BrN2O2.C2H2/c1-11-6(10)5-8-2-4(7)3-9-5;1-2/h2-3H,1H3;1-2H. The molecule has 0 radical (unpaired) electrons. The average Bonchev–Trinajstić information content (AvgIpc) is 2.21. The summed E-state index contributed by atoms with van der Waals surface area (Å²) in [5, 5.41) is 0. The van der Waals surface area contributed by atoms with Crippen molar-refractivity contribution in [2.24, 2.45) is 0 Å². The summed E-state index contributed by atoms with van der Waals surface area (Å²) in [6.45, 7) is 0. The summed E-state index contributed by atoms with van der Waals surface area (Å²) in [6, 6.07) is 0. The van der Waals surface area contributed by atoms with E-state index < -0.39 is 5.97 Å². The highest BCUT2D eigenvalue weighted by atomic mass is 79.9. The maximum absolute atomic E-state index is 10.8. The Kier molecular flexibility index (Phi) is 5.48. The molecule has 0 amide bonds. The number of hydrogen-bond donors (Lipinski definition) is 0. The van der Waals surface area contributed by atoms with E-state index in [1.165, 1.54) is 19.5 Å². The number of carbonyl (C=O) groups is 1. The Labute approximate surface area is 84.5 Å². The molecule has 0 N–H and O–H groups in total. The fourth-order valence-corrected chi connectivity index (χ4v) is 0.714. The van der Waals surface area contributed by atoms with Crippen molar-refractivity contribution in [1.82, 2.24) is 9.97 Å². The first kappa shape index (κ1) is 11.6. The van der Waals surface area contributed by atoms with Crippen molar-refractivity contribution in [1.29, 1.82) is 0 Å². The number of aromatic nitrogens is 2. The summed E-state index contributed by atoms with van der Waals surface area (Å²) in [5.74, 6) is -0.465. The van der Waals surface area contributed by atoms with Gasteiger partial charge in [0.25, 0.3) is 0 Å². The second-order valence-electron chi connectivity index (χ2n) is 1.72. The summed E-state index contributed by atoms with van der Waals surface area (Å²) in [7, 11) is 1.29. The molecule has 0 atom stereocenters. The third kappa shape index (κ3) is 3.67. The Morgan fingerprint density at radius 3 is 2.31 bits per heavy atom. The number of esters is 1. The van der Waals surface area contributed by atoms with Gasteiger partial charge in [0.15, 0.2) is 0 Å². The molecule has 0 aliphatic heterocycles. The van der Waals surface area contributed by atoms with Gasteiger partial charge in [0.1, 0.15) is 0 Å². The van der Waals surface area contributed by atoms with Gasteiger partial charge in [-0.1, -0.05) is 0 Å². The zero-order valence-corrected chi connectivity index (χ0v) is 8.48. The molecular weight excluding hydrogens is 236 g/mol. The molecule has 1 aromatic heterocycles. The molecule has 0 saturated carbocycles. The van der Waals surface area contributed by atoms with E-state index in [1.54, 1.807) is 0 Å². The number of rotatable bonds is 1. The third-order valence-corrected chi connectivity index (χ3v) is 1.40. The highest BCUT2D eigenvalue weighted by Crippen LogP contribution is 2.04.